The van der Waals surface area contributed by atoms with Gasteiger partial charge < -0.3 is 14.5 Å². The van der Waals surface area contributed by atoms with Gasteiger partial charge >= 0.3 is 6.36 Å². The Hall–Kier alpha value is -2.95. The van der Waals surface area contributed by atoms with Crippen LogP contribution in [-0.2, 0) is 0 Å². The first-order valence-electron chi connectivity index (χ1n) is 6.33. The van der Waals surface area contributed by atoms with Gasteiger partial charge in [-0.05, 0) is 30.7 Å². The molecule has 0 bridgehead atoms. The Morgan fingerprint density at radius 1 is 1.22 bits per heavy atom. The van der Waals surface area contributed by atoms with Crippen molar-refractivity contribution in [1.82, 2.24) is 4.98 Å². The van der Waals surface area contributed by atoms with Crippen molar-refractivity contribution in [2.45, 2.75) is 13.3 Å². The van der Waals surface area contributed by atoms with Crippen LogP contribution in [0.1, 0.15) is 11.3 Å². The van der Waals surface area contributed by atoms with E-state index in [4.69, 9.17) is 10.00 Å². The highest BCUT2D eigenvalue weighted by atomic mass is 19.4. The lowest BCUT2D eigenvalue weighted by Gasteiger charge is -2.14. The molecular weight excluding hydrogens is 313 g/mol. The maximum Gasteiger partial charge on any atom is 0.573 e. The predicted molar refractivity (Wildman–Crippen MR) is 75.2 cm³/mol. The fourth-order valence-electron chi connectivity index (χ4n) is 2.08. The third kappa shape index (κ3) is 3.63. The molecule has 0 radical (unpaired) electrons. The summed E-state index contributed by atoms with van der Waals surface area (Å²) < 4.78 is 46.2. The molecule has 120 valence electrons. The molecule has 1 N–H and O–H groups in total. The second kappa shape index (κ2) is 6.04. The van der Waals surface area contributed by atoms with Crippen molar-refractivity contribution in [2.24, 2.45) is 0 Å². The van der Waals surface area contributed by atoms with Crippen molar-refractivity contribution in [1.29, 1.82) is 5.26 Å². The standard InChI is InChI=1S/C15H11F3N2O3/c1-8-5-10(11(7-19)14(21)20-8)9-3-4-12(22-2)13(6-9)23-15(16,17)18/h3-6H,1-2H3,(H,20,21). The van der Waals surface area contributed by atoms with Gasteiger partial charge in [0.1, 0.15) is 11.6 Å². The van der Waals surface area contributed by atoms with Crippen molar-refractivity contribution >= 4 is 0 Å². The van der Waals surface area contributed by atoms with Gasteiger partial charge in [0.25, 0.3) is 5.56 Å². The Morgan fingerprint density at radius 3 is 2.48 bits per heavy atom. The Bertz CT molecular complexity index is 835. The Balaban J connectivity index is 2.64. The van der Waals surface area contributed by atoms with E-state index < -0.39 is 17.7 Å². The molecule has 0 amide bonds. The monoisotopic (exact) mass is 324 g/mol. The van der Waals surface area contributed by atoms with Gasteiger partial charge in [-0.2, -0.15) is 5.26 Å². The molecule has 5 nitrogen and oxygen atoms in total. The molecular formula is C15H11F3N2O3. The van der Waals surface area contributed by atoms with E-state index in [0.717, 1.165) is 6.07 Å². The molecule has 0 fully saturated rings. The number of methoxy groups -OCH3 is 1. The van der Waals surface area contributed by atoms with Gasteiger partial charge in [0, 0.05) is 11.3 Å². The van der Waals surface area contributed by atoms with Gasteiger partial charge in [-0.1, -0.05) is 6.07 Å². The van der Waals surface area contributed by atoms with Crippen LogP contribution in [0, 0.1) is 18.3 Å². The van der Waals surface area contributed by atoms with Crippen molar-refractivity contribution in [3.05, 3.63) is 45.9 Å². The van der Waals surface area contributed by atoms with Crippen LogP contribution in [0.5, 0.6) is 11.5 Å². The summed E-state index contributed by atoms with van der Waals surface area (Å²) in [5, 5.41) is 9.10. The molecule has 0 unspecified atom stereocenters. The first kappa shape index (κ1) is 16.4. The highest BCUT2D eigenvalue weighted by Gasteiger charge is 2.32. The molecule has 0 saturated heterocycles. The summed E-state index contributed by atoms with van der Waals surface area (Å²) in [6.07, 6.45) is -4.89. The maximum absolute atomic E-state index is 12.5. The molecule has 0 aliphatic rings. The van der Waals surface area contributed by atoms with Gasteiger partial charge in [-0.25, -0.2) is 0 Å². The number of aromatic amines is 1. The van der Waals surface area contributed by atoms with Gasteiger partial charge in [0.05, 0.1) is 7.11 Å². The average molecular weight is 324 g/mol. The molecule has 1 aromatic heterocycles. The highest BCUT2D eigenvalue weighted by molar-refractivity contribution is 5.72. The fourth-order valence-corrected chi connectivity index (χ4v) is 2.08. The lowest BCUT2D eigenvalue weighted by Crippen LogP contribution is -2.17. The molecule has 0 aliphatic carbocycles. The number of hydrogen-bond donors (Lipinski definition) is 1. The topological polar surface area (TPSA) is 75.1 Å². The van der Waals surface area contributed by atoms with Crippen molar-refractivity contribution < 1.29 is 22.6 Å². The zero-order valence-electron chi connectivity index (χ0n) is 12.1. The van der Waals surface area contributed by atoms with E-state index >= 15 is 0 Å². The number of benzene rings is 1. The van der Waals surface area contributed by atoms with Crippen LogP contribution in [0.2, 0.25) is 0 Å². The molecule has 23 heavy (non-hydrogen) atoms. The van der Waals surface area contributed by atoms with Crippen LogP contribution in [0.4, 0.5) is 13.2 Å². The van der Waals surface area contributed by atoms with Crippen molar-refractivity contribution in [3.8, 4) is 28.7 Å². The molecule has 1 aromatic carbocycles. The number of nitrogens with one attached hydrogen (secondary N) is 1. The zero-order valence-corrected chi connectivity index (χ0v) is 12.1. The van der Waals surface area contributed by atoms with E-state index in [9.17, 15) is 18.0 Å². The zero-order chi connectivity index (χ0) is 17.2. The third-order valence-electron chi connectivity index (χ3n) is 2.98. The van der Waals surface area contributed by atoms with Gasteiger partial charge in [-0.15, -0.1) is 13.2 Å². The number of aromatic nitrogens is 1. The minimum absolute atomic E-state index is 0.119. The first-order valence-corrected chi connectivity index (χ1v) is 6.33. The number of ether oxygens (including phenoxy) is 2. The van der Waals surface area contributed by atoms with Crippen molar-refractivity contribution in [3.63, 3.8) is 0 Å². The number of halogens is 3. The smallest absolute Gasteiger partial charge is 0.493 e. The van der Waals surface area contributed by atoms with Crippen LogP contribution < -0.4 is 15.0 Å². The molecule has 8 heteroatoms. The van der Waals surface area contributed by atoms with E-state index in [1.165, 1.54) is 25.3 Å². The van der Waals surface area contributed by atoms with Gasteiger partial charge in [0.15, 0.2) is 11.5 Å². The molecule has 2 rings (SSSR count). The third-order valence-corrected chi connectivity index (χ3v) is 2.98. The minimum Gasteiger partial charge on any atom is -0.493 e. The van der Waals surface area contributed by atoms with Crippen LogP contribution in [0.3, 0.4) is 0 Å². The minimum atomic E-state index is -4.89. The molecule has 0 atom stereocenters. The van der Waals surface area contributed by atoms with E-state index in [1.54, 1.807) is 13.0 Å². The quantitative estimate of drug-likeness (QED) is 0.941. The lowest BCUT2D eigenvalue weighted by molar-refractivity contribution is -0.275. The van der Waals surface area contributed by atoms with E-state index in [-0.39, 0.29) is 22.4 Å². The first-order chi connectivity index (χ1) is 10.7. The SMILES string of the molecule is COc1ccc(-c2cc(C)[nH]c(=O)c2C#N)cc1OC(F)(F)F. The number of aryl methyl sites for hydroxylation is 1. The summed E-state index contributed by atoms with van der Waals surface area (Å²) in [6.45, 7) is 1.60. The normalized spacial score (nSPS) is 11.0. The summed E-state index contributed by atoms with van der Waals surface area (Å²) >= 11 is 0. The number of H-pyrrole nitrogens is 1. The Morgan fingerprint density at radius 2 is 1.91 bits per heavy atom. The Labute approximate surface area is 128 Å². The number of pyridine rings is 1. The molecule has 0 saturated carbocycles. The van der Waals surface area contributed by atoms with Gasteiger partial charge in [-0.3, -0.25) is 4.79 Å². The van der Waals surface area contributed by atoms with Crippen molar-refractivity contribution in [2.75, 3.05) is 7.11 Å². The summed E-state index contributed by atoms with van der Waals surface area (Å²) in [6, 6.07) is 7.03. The van der Waals surface area contributed by atoms with Crippen LogP contribution >= 0.6 is 0 Å². The summed E-state index contributed by atoms with van der Waals surface area (Å²) in [5.41, 5.74) is 0.104. The Kier molecular flexibility index (Phi) is 4.31. The number of hydrogen-bond acceptors (Lipinski definition) is 4. The second-order valence-corrected chi connectivity index (χ2v) is 4.60. The highest BCUT2D eigenvalue weighted by Crippen LogP contribution is 2.36. The summed E-state index contributed by atoms with van der Waals surface area (Å²) in [7, 11) is 1.20. The molecule has 1 heterocycles. The van der Waals surface area contributed by atoms with E-state index in [0.29, 0.717) is 5.69 Å². The number of alkyl halides is 3. The predicted octanol–water partition coefficient (Wildman–Crippen LogP) is 3.13. The molecule has 0 spiro atoms. The molecule has 2 aromatic rings. The van der Waals surface area contributed by atoms with Crippen LogP contribution in [0.25, 0.3) is 11.1 Å². The maximum atomic E-state index is 12.5. The largest absolute Gasteiger partial charge is 0.573 e. The van der Waals surface area contributed by atoms with Gasteiger partial charge in [0.2, 0.25) is 0 Å². The second-order valence-electron chi connectivity index (χ2n) is 4.60. The number of nitriles is 1. The van der Waals surface area contributed by atoms with Crippen LogP contribution in [-0.4, -0.2) is 18.5 Å². The summed E-state index contributed by atoms with van der Waals surface area (Å²) in [5.74, 6) is -0.675. The summed E-state index contributed by atoms with van der Waals surface area (Å²) in [4.78, 5) is 14.2. The average Bonchev–Trinajstić information content (AvgIpc) is 2.44. The van der Waals surface area contributed by atoms with E-state index in [1.807, 2.05) is 0 Å². The number of nitrogens with zero attached hydrogens (tertiary/aromatic N) is 1. The molecule has 0 aliphatic heterocycles. The number of rotatable bonds is 3. The van der Waals surface area contributed by atoms with Crippen LogP contribution in [0.15, 0.2) is 29.1 Å². The fraction of sp³-hybridized carbons (Fsp3) is 0.200. The van der Waals surface area contributed by atoms with E-state index in [2.05, 4.69) is 9.72 Å². The lowest BCUT2D eigenvalue weighted by atomic mass is 10.0.